The van der Waals surface area contributed by atoms with Crippen molar-refractivity contribution in [1.82, 2.24) is 0 Å². The number of furan rings is 1. The zero-order chi connectivity index (χ0) is 19.2. The van der Waals surface area contributed by atoms with Crippen molar-refractivity contribution >= 4 is 11.6 Å². The van der Waals surface area contributed by atoms with E-state index in [9.17, 15) is 4.79 Å². The maximum Gasteiger partial charge on any atom is 0.291 e. The van der Waals surface area contributed by atoms with Crippen LogP contribution in [0, 0.1) is 13.8 Å². The number of ether oxygens (including phenoxy) is 1. The number of hydrogen-bond acceptors (Lipinski definition) is 3. The SMILES string of the molecule is C=CCc1ccccc1OCc1ccc(C(=O)Nc2c(C)cccc2C)o1. The lowest BCUT2D eigenvalue weighted by atomic mass is 10.1. The predicted octanol–water partition coefficient (Wildman–Crippen LogP) is 5.46. The van der Waals surface area contributed by atoms with Crippen LogP contribution in [0.2, 0.25) is 0 Å². The van der Waals surface area contributed by atoms with Gasteiger partial charge in [0.05, 0.1) is 0 Å². The summed E-state index contributed by atoms with van der Waals surface area (Å²) in [5, 5.41) is 2.92. The summed E-state index contributed by atoms with van der Waals surface area (Å²) in [6, 6.07) is 17.1. The number of carbonyl (C=O) groups is 1. The second kappa shape index (κ2) is 8.41. The molecule has 0 atom stereocenters. The smallest absolute Gasteiger partial charge is 0.291 e. The van der Waals surface area contributed by atoms with Gasteiger partial charge < -0.3 is 14.5 Å². The van der Waals surface area contributed by atoms with Crippen molar-refractivity contribution in [2.24, 2.45) is 0 Å². The molecule has 0 spiro atoms. The molecule has 1 amide bonds. The fourth-order valence-electron chi connectivity index (χ4n) is 2.88. The van der Waals surface area contributed by atoms with E-state index < -0.39 is 0 Å². The van der Waals surface area contributed by atoms with Crippen LogP contribution in [0.25, 0.3) is 0 Å². The molecule has 0 aliphatic heterocycles. The van der Waals surface area contributed by atoms with E-state index >= 15 is 0 Å². The lowest BCUT2D eigenvalue weighted by Gasteiger charge is -2.10. The highest BCUT2D eigenvalue weighted by Crippen LogP contribution is 2.22. The summed E-state index contributed by atoms with van der Waals surface area (Å²) < 4.78 is 11.5. The van der Waals surface area contributed by atoms with Gasteiger partial charge in [-0.2, -0.15) is 0 Å². The average Bonchev–Trinajstić information content (AvgIpc) is 3.13. The average molecular weight is 361 g/mol. The van der Waals surface area contributed by atoms with Gasteiger partial charge in [-0.15, -0.1) is 6.58 Å². The first-order valence-electron chi connectivity index (χ1n) is 8.86. The number of carbonyl (C=O) groups excluding carboxylic acids is 1. The van der Waals surface area contributed by atoms with E-state index in [-0.39, 0.29) is 18.3 Å². The number of para-hydroxylation sites is 2. The molecule has 0 unspecified atom stereocenters. The highest BCUT2D eigenvalue weighted by Gasteiger charge is 2.14. The third-order valence-corrected chi connectivity index (χ3v) is 4.31. The molecule has 0 aliphatic rings. The second-order valence-electron chi connectivity index (χ2n) is 6.38. The number of aryl methyl sites for hydroxylation is 2. The van der Waals surface area contributed by atoms with Gasteiger partial charge in [0.15, 0.2) is 5.76 Å². The fraction of sp³-hybridized carbons (Fsp3) is 0.174. The Balaban J connectivity index is 1.66. The second-order valence-corrected chi connectivity index (χ2v) is 6.38. The lowest BCUT2D eigenvalue weighted by Crippen LogP contribution is -2.13. The summed E-state index contributed by atoms with van der Waals surface area (Å²) in [7, 11) is 0. The van der Waals surface area contributed by atoms with Crippen LogP contribution in [0.3, 0.4) is 0 Å². The molecule has 0 fully saturated rings. The Labute approximate surface area is 159 Å². The molecule has 1 heterocycles. The van der Waals surface area contributed by atoms with Gasteiger partial charge >= 0.3 is 0 Å². The van der Waals surface area contributed by atoms with E-state index in [1.165, 1.54) is 0 Å². The zero-order valence-corrected chi connectivity index (χ0v) is 15.6. The van der Waals surface area contributed by atoms with Crippen LogP contribution in [0.1, 0.15) is 33.0 Å². The zero-order valence-electron chi connectivity index (χ0n) is 15.6. The number of amides is 1. The largest absolute Gasteiger partial charge is 0.485 e. The Kier molecular flexibility index (Phi) is 5.77. The topological polar surface area (TPSA) is 51.5 Å². The summed E-state index contributed by atoms with van der Waals surface area (Å²) in [6.45, 7) is 7.95. The maximum atomic E-state index is 12.5. The minimum absolute atomic E-state index is 0.255. The minimum Gasteiger partial charge on any atom is -0.485 e. The van der Waals surface area contributed by atoms with Gasteiger partial charge in [-0.3, -0.25) is 4.79 Å². The number of nitrogens with one attached hydrogen (secondary N) is 1. The molecule has 0 saturated carbocycles. The lowest BCUT2D eigenvalue weighted by molar-refractivity contribution is 0.0992. The van der Waals surface area contributed by atoms with Crippen LogP contribution >= 0.6 is 0 Å². The molecule has 1 aromatic heterocycles. The molecule has 4 heteroatoms. The normalized spacial score (nSPS) is 10.4. The third kappa shape index (κ3) is 4.47. The summed E-state index contributed by atoms with van der Waals surface area (Å²) in [6.07, 6.45) is 2.57. The van der Waals surface area contributed by atoms with Crippen LogP contribution in [0.15, 0.2) is 71.7 Å². The molecule has 3 rings (SSSR count). The first kappa shape index (κ1) is 18.5. The highest BCUT2D eigenvalue weighted by atomic mass is 16.5. The monoisotopic (exact) mass is 361 g/mol. The fourth-order valence-corrected chi connectivity index (χ4v) is 2.88. The van der Waals surface area contributed by atoms with E-state index in [2.05, 4.69) is 11.9 Å². The molecule has 0 aliphatic carbocycles. The Morgan fingerprint density at radius 2 is 1.81 bits per heavy atom. The Morgan fingerprint density at radius 1 is 1.07 bits per heavy atom. The maximum absolute atomic E-state index is 12.5. The number of rotatable bonds is 7. The summed E-state index contributed by atoms with van der Waals surface area (Å²) in [5.74, 6) is 1.37. The summed E-state index contributed by atoms with van der Waals surface area (Å²) in [4.78, 5) is 12.5. The van der Waals surface area contributed by atoms with Gasteiger partial charge in [0, 0.05) is 5.69 Å². The molecule has 4 nitrogen and oxygen atoms in total. The van der Waals surface area contributed by atoms with Crippen LogP contribution < -0.4 is 10.1 Å². The minimum atomic E-state index is -0.272. The van der Waals surface area contributed by atoms with Gasteiger partial charge in [0.2, 0.25) is 0 Å². The van der Waals surface area contributed by atoms with E-state index in [1.54, 1.807) is 12.1 Å². The first-order valence-corrected chi connectivity index (χ1v) is 8.86. The third-order valence-electron chi connectivity index (χ3n) is 4.31. The molecule has 1 N–H and O–H groups in total. The van der Waals surface area contributed by atoms with Crippen LogP contribution in [0.4, 0.5) is 5.69 Å². The van der Waals surface area contributed by atoms with Gasteiger partial charge in [0.1, 0.15) is 18.1 Å². The van der Waals surface area contributed by atoms with Crippen LogP contribution in [-0.4, -0.2) is 5.91 Å². The van der Waals surface area contributed by atoms with E-state index in [4.69, 9.17) is 9.15 Å². The van der Waals surface area contributed by atoms with Gasteiger partial charge in [-0.1, -0.05) is 42.5 Å². The molecular formula is C23H23NO3. The van der Waals surface area contributed by atoms with E-state index in [1.807, 2.05) is 62.4 Å². The van der Waals surface area contributed by atoms with Crippen molar-refractivity contribution in [3.05, 3.63) is 95.5 Å². The Morgan fingerprint density at radius 3 is 2.56 bits per heavy atom. The summed E-state index contributed by atoms with van der Waals surface area (Å²) in [5.41, 5.74) is 3.90. The van der Waals surface area contributed by atoms with Crippen molar-refractivity contribution in [2.75, 3.05) is 5.32 Å². The standard InChI is InChI=1S/C23H23NO3/c1-4-8-18-11-5-6-12-20(18)26-15-19-13-14-21(27-19)23(25)24-22-16(2)9-7-10-17(22)3/h4-7,9-14H,1,8,15H2,2-3H3,(H,24,25). The molecule has 2 aromatic carbocycles. The van der Waals surface area contributed by atoms with Crippen LogP contribution in [-0.2, 0) is 13.0 Å². The van der Waals surface area contributed by atoms with Gasteiger partial charge in [0.25, 0.3) is 5.91 Å². The molecular weight excluding hydrogens is 338 g/mol. The quantitative estimate of drug-likeness (QED) is 0.569. The van der Waals surface area contributed by atoms with Crippen molar-refractivity contribution < 1.29 is 13.9 Å². The Hall–Kier alpha value is -3.27. The number of anilines is 1. The molecule has 3 aromatic rings. The van der Waals surface area contributed by atoms with Crippen molar-refractivity contribution in [3.8, 4) is 5.75 Å². The van der Waals surface area contributed by atoms with E-state index in [0.29, 0.717) is 5.76 Å². The number of hydrogen-bond donors (Lipinski definition) is 1. The molecule has 0 saturated heterocycles. The first-order chi connectivity index (χ1) is 13.1. The van der Waals surface area contributed by atoms with Crippen molar-refractivity contribution in [2.45, 2.75) is 26.9 Å². The number of benzene rings is 2. The van der Waals surface area contributed by atoms with Crippen molar-refractivity contribution in [1.29, 1.82) is 0 Å². The molecule has 0 bridgehead atoms. The predicted molar refractivity (Wildman–Crippen MR) is 107 cm³/mol. The van der Waals surface area contributed by atoms with Crippen LogP contribution in [0.5, 0.6) is 5.75 Å². The summed E-state index contributed by atoms with van der Waals surface area (Å²) >= 11 is 0. The Bertz CT molecular complexity index is 936. The highest BCUT2D eigenvalue weighted by molar-refractivity contribution is 6.03. The van der Waals surface area contributed by atoms with E-state index in [0.717, 1.165) is 34.5 Å². The van der Waals surface area contributed by atoms with Gasteiger partial charge in [-0.05, 0) is 55.2 Å². The molecule has 138 valence electrons. The molecule has 0 radical (unpaired) electrons. The van der Waals surface area contributed by atoms with Crippen molar-refractivity contribution in [3.63, 3.8) is 0 Å². The number of allylic oxidation sites excluding steroid dienone is 1. The molecule has 27 heavy (non-hydrogen) atoms. The van der Waals surface area contributed by atoms with Gasteiger partial charge in [-0.25, -0.2) is 0 Å².